The number of piperazine rings is 1. The predicted octanol–water partition coefficient (Wildman–Crippen LogP) is 1.32. The fraction of sp³-hybridized carbons (Fsp3) is 0.167. The van der Waals surface area contributed by atoms with Gasteiger partial charge in [0.05, 0.1) is 18.4 Å². The van der Waals surface area contributed by atoms with Crippen LogP contribution in [0.4, 0.5) is 11.5 Å². The lowest BCUT2D eigenvalue weighted by atomic mass is 10.2. The van der Waals surface area contributed by atoms with Gasteiger partial charge < -0.3 is 20.1 Å². The largest absolute Gasteiger partial charge is 0.355 e. The summed E-state index contributed by atoms with van der Waals surface area (Å²) in [6.45, 7) is 1.56. The fourth-order valence-corrected chi connectivity index (χ4v) is 2.70. The van der Waals surface area contributed by atoms with Crippen molar-refractivity contribution in [2.24, 2.45) is 0 Å². The molecule has 136 valence electrons. The number of hydrogen-bond acceptors (Lipinski definition) is 7. The van der Waals surface area contributed by atoms with Crippen molar-refractivity contribution in [2.75, 3.05) is 29.9 Å². The summed E-state index contributed by atoms with van der Waals surface area (Å²) < 4.78 is 5.21. The zero-order chi connectivity index (χ0) is 18.6. The van der Waals surface area contributed by atoms with Crippen LogP contribution < -0.4 is 15.5 Å². The minimum Gasteiger partial charge on any atom is -0.355 e. The Kier molecular flexibility index (Phi) is 4.48. The van der Waals surface area contributed by atoms with Gasteiger partial charge in [0.1, 0.15) is 5.82 Å². The Hall–Kier alpha value is -3.75. The Morgan fingerprint density at radius 1 is 1.26 bits per heavy atom. The van der Waals surface area contributed by atoms with E-state index in [1.165, 1.54) is 0 Å². The van der Waals surface area contributed by atoms with Crippen molar-refractivity contribution in [2.45, 2.75) is 0 Å². The third-order valence-corrected chi connectivity index (χ3v) is 4.06. The number of carbonyl (C=O) groups is 2. The summed E-state index contributed by atoms with van der Waals surface area (Å²) in [5.41, 5.74) is 1.42. The van der Waals surface area contributed by atoms with Gasteiger partial charge in [-0.2, -0.15) is 0 Å². The lowest BCUT2D eigenvalue weighted by Gasteiger charge is -2.27. The Morgan fingerprint density at radius 3 is 2.93 bits per heavy atom. The third-order valence-electron chi connectivity index (χ3n) is 4.06. The molecule has 4 heterocycles. The van der Waals surface area contributed by atoms with E-state index in [9.17, 15) is 9.59 Å². The number of carbonyl (C=O) groups excluding carboxylic acids is 2. The summed E-state index contributed by atoms with van der Waals surface area (Å²) in [6, 6.07) is 8.64. The summed E-state index contributed by atoms with van der Waals surface area (Å²) in [7, 11) is 0. The Labute approximate surface area is 154 Å². The first-order chi connectivity index (χ1) is 13.2. The SMILES string of the molecule is O=C1CN(c2ccc(NC(=O)c3cc(-c4cccnc4)on3)cn2)CCN1. The van der Waals surface area contributed by atoms with Gasteiger partial charge >= 0.3 is 0 Å². The average molecular weight is 364 g/mol. The van der Waals surface area contributed by atoms with Crippen LogP contribution in [0.1, 0.15) is 10.5 Å². The molecule has 0 radical (unpaired) electrons. The quantitative estimate of drug-likeness (QED) is 0.718. The molecule has 9 nitrogen and oxygen atoms in total. The Morgan fingerprint density at radius 2 is 2.19 bits per heavy atom. The van der Waals surface area contributed by atoms with Crippen molar-refractivity contribution in [3.05, 3.63) is 54.6 Å². The van der Waals surface area contributed by atoms with E-state index in [1.807, 2.05) is 11.0 Å². The van der Waals surface area contributed by atoms with Crippen molar-refractivity contribution in [1.29, 1.82) is 0 Å². The fourth-order valence-electron chi connectivity index (χ4n) is 2.70. The van der Waals surface area contributed by atoms with E-state index in [0.29, 0.717) is 30.4 Å². The average Bonchev–Trinajstić information content (AvgIpc) is 3.20. The van der Waals surface area contributed by atoms with Gasteiger partial charge in [-0.25, -0.2) is 4.98 Å². The first kappa shape index (κ1) is 16.7. The van der Waals surface area contributed by atoms with Crippen LogP contribution in [0.2, 0.25) is 0 Å². The molecule has 27 heavy (non-hydrogen) atoms. The van der Waals surface area contributed by atoms with Crippen LogP contribution in [0.5, 0.6) is 0 Å². The highest BCUT2D eigenvalue weighted by atomic mass is 16.5. The molecule has 2 amide bonds. The first-order valence-corrected chi connectivity index (χ1v) is 8.35. The van der Waals surface area contributed by atoms with Crippen LogP contribution >= 0.6 is 0 Å². The van der Waals surface area contributed by atoms with Crippen molar-refractivity contribution in [3.63, 3.8) is 0 Å². The number of nitrogens with one attached hydrogen (secondary N) is 2. The van der Waals surface area contributed by atoms with Crippen LogP contribution in [-0.2, 0) is 4.79 Å². The second kappa shape index (κ2) is 7.24. The third kappa shape index (κ3) is 3.76. The number of aromatic nitrogens is 3. The van der Waals surface area contributed by atoms with Crippen LogP contribution in [0, 0.1) is 0 Å². The molecule has 0 spiro atoms. The first-order valence-electron chi connectivity index (χ1n) is 8.35. The molecule has 0 aromatic carbocycles. The van der Waals surface area contributed by atoms with Crippen LogP contribution in [-0.4, -0.2) is 46.6 Å². The molecule has 2 N–H and O–H groups in total. The van der Waals surface area contributed by atoms with Gasteiger partial charge in [-0.1, -0.05) is 5.16 Å². The van der Waals surface area contributed by atoms with Gasteiger partial charge in [-0.3, -0.25) is 14.6 Å². The molecule has 0 unspecified atom stereocenters. The minimum absolute atomic E-state index is 0.0316. The molecule has 1 saturated heterocycles. The lowest BCUT2D eigenvalue weighted by Crippen LogP contribution is -2.48. The molecular weight excluding hydrogens is 348 g/mol. The van der Waals surface area contributed by atoms with E-state index in [2.05, 4.69) is 25.8 Å². The molecular formula is C18H16N6O3. The summed E-state index contributed by atoms with van der Waals surface area (Å²) >= 11 is 0. The number of hydrogen-bond donors (Lipinski definition) is 2. The van der Waals surface area contributed by atoms with Gasteiger partial charge in [-0.05, 0) is 24.3 Å². The number of rotatable bonds is 4. The van der Waals surface area contributed by atoms with Crippen molar-refractivity contribution < 1.29 is 14.1 Å². The van der Waals surface area contributed by atoms with E-state index in [1.54, 1.807) is 42.9 Å². The lowest BCUT2D eigenvalue weighted by molar-refractivity contribution is -0.120. The summed E-state index contributed by atoms with van der Waals surface area (Å²) in [4.78, 5) is 34.0. The molecule has 1 aliphatic rings. The number of anilines is 2. The normalized spacial score (nSPS) is 13.9. The maximum Gasteiger partial charge on any atom is 0.277 e. The molecule has 4 rings (SSSR count). The van der Waals surface area contributed by atoms with Gasteiger partial charge in [0.15, 0.2) is 11.5 Å². The zero-order valence-electron chi connectivity index (χ0n) is 14.3. The molecule has 0 bridgehead atoms. The van der Waals surface area contributed by atoms with Gasteiger partial charge in [-0.15, -0.1) is 0 Å². The van der Waals surface area contributed by atoms with Gasteiger partial charge in [0.25, 0.3) is 5.91 Å². The predicted molar refractivity (Wildman–Crippen MR) is 97.1 cm³/mol. The van der Waals surface area contributed by atoms with Crippen LogP contribution in [0.25, 0.3) is 11.3 Å². The molecule has 0 aliphatic carbocycles. The second-order valence-electron chi connectivity index (χ2n) is 5.95. The van der Waals surface area contributed by atoms with Crippen LogP contribution in [0.15, 0.2) is 53.4 Å². The van der Waals surface area contributed by atoms with E-state index in [4.69, 9.17) is 4.52 Å². The maximum absolute atomic E-state index is 12.3. The number of amides is 2. The van der Waals surface area contributed by atoms with Crippen molar-refractivity contribution in [3.8, 4) is 11.3 Å². The topological polar surface area (TPSA) is 113 Å². The number of nitrogens with zero attached hydrogens (tertiary/aromatic N) is 4. The maximum atomic E-state index is 12.3. The van der Waals surface area contributed by atoms with Crippen LogP contribution in [0.3, 0.4) is 0 Å². The second-order valence-corrected chi connectivity index (χ2v) is 5.95. The highest BCUT2D eigenvalue weighted by Crippen LogP contribution is 2.20. The molecule has 0 atom stereocenters. The summed E-state index contributed by atoms with van der Waals surface area (Å²) in [5.74, 6) is 0.713. The summed E-state index contributed by atoms with van der Waals surface area (Å²) in [5, 5.41) is 9.29. The molecule has 1 aliphatic heterocycles. The highest BCUT2D eigenvalue weighted by molar-refractivity contribution is 6.03. The zero-order valence-corrected chi connectivity index (χ0v) is 14.3. The highest BCUT2D eigenvalue weighted by Gasteiger charge is 2.18. The van der Waals surface area contributed by atoms with E-state index < -0.39 is 5.91 Å². The molecule has 9 heteroatoms. The van der Waals surface area contributed by atoms with E-state index in [-0.39, 0.29) is 18.1 Å². The van der Waals surface area contributed by atoms with Gasteiger partial charge in [0, 0.05) is 37.1 Å². The van der Waals surface area contributed by atoms with Gasteiger partial charge in [0.2, 0.25) is 5.91 Å². The molecule has 3 aromatic rings. The Bertz CT molecular complexity index is 955. The monoisotopic (exact) mass is 364 g/mol. The van der Waals surface area contributed by atoms with Crippen molar-refractivity contribution in [1.82, 2.24) is 20.4 Å². The van der Waals surface area contributed by atoms with Crippen molar-refractivity contribution >= 4 is 23.3 Å². The molecule has 0 saturated carbocycles. The molecule has 3 aromatic heterocycles. The number of pyridine rings is 2. The smallest absolute Gasteiger partial charge is 0.277 e. The molecule has 1 fully saturated rings. The minimum atomic E-state index is -0.402. The van der Waals surface area contributed by atoms with E-state index in [0.717, 1.165) is 5.56 Å². The summed E-state index contributed by atoms with van der Waals surface area (Å²) in [6.07, 6.45) is 4.83. The Balaban J connectivity index is 1.42. The van der Waals surface area contributed by atoms with E-state index >= 15 is 0 Å². The standard InChI is InChI=1S/C18H16N6O3/c25-17-11-24(7-6-20-17)16-4-3-13(10-21-16)22-18(26)14-8-15(27-23-14)12-2-1-5-19-9-12/h1-5,8-10H,6-7,11H2,(H,20,25)(H,22,26).